The summed E-state index contributed by atoms with van der Waals surface area (Å²) < 4.78 is 0. The van der Waals surface area contributed by atoms with Gasteiger partial charge in [-0.05, 0) is 13.8 Å². The maximum Gasteiger partial charge on any atom is 0.357 e. The van der Waals surface area contributed by atoms with Crippen molar-refractivity contribution in [2.75, 3.05) is 0 Å². The van der Waals surface area contributed by atoms with Crippen LogP contribution in [0.4, 0.5) is 0 Å². The zero-order chi connectivity index (χ0) is 28.4. The Morgan fingerprint density at radius 1 is 0.595 bits per heavy atom. The second kappa shape index (κ2) is 12.6. The quantitative estimate of drug-likeness (QED) is 0.228. The maximum absolute atomic E-state index is 10.6. The van der Waals surface area contributed by atoms with Crippen LogP contribution < -0.4 is 0 Å². The summed E-state index contributed by atoms with van der Waals surface area (Å²) in [6, 6.07) is 0. The first-order valence-electron chi connectivity index (χ1n) is 9.28. The minimum absolute atomic E-state index is 0.336. The lowest BCUT2D eigenvalue weighted by molar-refractivity contribution is 0.0640. The van der Waals surface area contributed by atoms with E-state index in [4.69, 9.17) is 30.6 Å². The lowest BCUT2D eigenvalue weighted by atomic mass is 10.2. The average Bonchev–Trinajstić information content (AvgIpc) is 3.32. The van der Waals surface area contributed by atoms with Gasteiger partial charge in [0.25, 0.3) is 0 Å². The number of aromatic carboxylic acids is 6. The number of nitrogens with zero attached hydrogens (tertiary/aromatic N) is 5. The van der Waals surface area contributed by atoms with Gasteiger partial charge in [-0.15, -0.1) is 0 Å². The molecule has 0 aliphatic heterocycles. The number of rotatable bonds is 6. The van der Waals surface area contributed by atoms with E-state index in [-0.39, 0.29) is 5.56 Å². The fraction of sp³-hybridized carbons (Fsp3) is 0.105. The van der Waals surface area contributed by atoms with Gasteiger partial charge < -0.3 is 30.6 Å². The predicted octanol–water partition coefficient (Wildman–Crippen LogP) is 0.169. The van der Waals surface area contributed by atoms with Gasteiger partial charge in [0.05, 0.1) is 17.6 Å². The van der Waals surface area contributed by atoms with Crippen LogP contribution in [-0.2, 0) is 0 Å². The van der Waals surface area contributed by atoms with Crippen molar-refractivity contribution in [2.24, 2.45) is 0 Å². The van der Waals surface area contributed by atoms with E-state index in [0.717, 1.165) is 18.6 Å². The molecule has 0 aliphatic rings. The first-order chi connectivity index (χ1) is 17.2. The third kappa shape index (κ3) is 7.88. The summed E-state index contributed by atoms with van der Waals surface area (Å²) in [7, 11) is 0. The maximum atomic E-state index is 10.6. The molecule has 0 radical (unpaired) electrons. The summed E-state index contributed by atoms with van der Waals surface area (Å²) >= 11 is 0. The molecule has 3 rings (SSSR count). The third-order valence-electron chi connectivity index (χ3n) is 3.90. The topological polar surface area (TPSA) is 304 Å². The molecular formula is C19H16N6O12. The molecule has 18 heteroatoms. The van der Waals surface area contributed by atoms with Crippen molar-refractivity contribution in [3.63, 3.8) is 0 Å². The summed E-state index contributed by atoms with van der Waals surface area (Å²) in [5.41, 5.74) is -2.08. The van der Waals surface area contributed by atoms with E-state index in [1.807, 2.05) is 0 Å². The van der Waals surface area contributed by atoms with E-state index in [0.29, 0.717) is 11.4 Å². The van der Waals surface area contributed by atoms with Crippen molar-refractivity contribution >= 4 is 35.8 Å². The number of aromatic amines is 1. The monoisotopic (exact) mass is 520 g/mol. The molecule has 0 fully saturated rings. The second-order valence-corrected chi connectivity index (χ2v) is 6.33. The van der Waals surface area contributed by atoms with Gasteiger partial charge in [-0.3, -0.25) is 5.10 Å². The zero-order valence-electron chi connectivity index (χ0n) is 18.6. The van der Waals surface area contributed by atoms with E-state index in [2.05, 4.69) is 30.1 Å². The summed E-state index contributed by atoms with van der Waals surface area (Å²) in [5.74, 6) is -8.23. The number of carboxylic acid groups (broad SMARTS) is 6. The van der Waals surface area contributed by atoms with Crippen LogP contribution in [0.2, 0.25) is 0 Å². The summed E-state index contributed by atoms with van der Waals surface area (Å²) in [6.45, 7) is 3.14. The van der Waals surface area contributed by atoms with Crippen LogP contribution in [0.15, 0.2) is 18.6 Å². The van der Waals surface area contributed by atoms with Gasteiger partial charge in [0.1, 0.15) is 5.56 Å². The number of hydrogen-bond donors (Lipinski definition) is 7. The first kappa shape index (κ1) is 29.2. The van der Waals surface area contributed by atoms with E-state index in [9.17, 15) is 28.8 Å². The largest absolute Gasteiger partial charge is 0.478 e. The Morgan fingerprint density at radius 2 is 0.973 bits per heavy atom. The fourth-order valence-electron chi connectivity index (χ4n) is 2.16. The van der Waals surface area contributed by atoms with Crippen LogP contribution in [0.25, 0.3) is 0 Å². The van der Waals surface area contributed by atoms with Crippen LogP contribution in [-0.4, -0.2) is 96.6 Å². The highest BCUT2D eigenvalue weighted by Crippen LogP contribution is 2.08. The van der Waals surface area contributed by atoms with Gasteiger partial charge in [-0.1, -0.05) is 0 Å². The van der Waals surface area contributed by atoms with Crippen LogP contribution in [0, 0.1) is 13.8 Å². The lowest BCUT2D eigenvalue weighted by Crippen LogP contribution is -2.15. The summed E-state index contributed by atoms with van der Waals surface area (Å²) in [6.07, 6.45) is 3.19. The van der Waals surface area contributed by atoms with Crippen molar-refractivity contribution in [2.45, 2.75) is 13.8 Å². The molecule has 0 unspecified atom stereocenters. The minimum atomic E-state index is -1.40. The van der Waals surface area contributed by atoms with Crippen LogP contribution in [0.3, 0.4) is 0 Å². The molecule has 0 aliphatic carbocycles. The van der Waals surface area contributed by atoms with E-state index in [1.165, 1.54) is 0 Å². The highest BCUT2D eigenvalue weighted by atomic mass is 16.4. The van der Waals surface area contributed by atoms with Gasteiger partial charge in [-0.25, -0.2) is 48.7 Å². The van der Waals surface area contributed by atoms with E-state index < -0.39 is 64.3 Å². The zero-order valence-corrected chi connectivity index (χ0v) is 18.6. The number of nitrogens with one attached hydrogen (secondary N) is 1. The number of aryl methyl sites for hydroxylation is 2. The molecule has 3 heterocycles. The number of hydrogen-bond acceptors (Lipinski definition) is 11. The van der Waals surface area contributed by atoms with Gasteiger partial charge in [0.15, 0.2) is 28.5 Å². The third-order valence-corrected chi connectivity index (χ3v) is 3.90. The Balaban J connectivity index is 0.000000280. The van der Waals surface area contributed by atoms with Gasteiger partial charge >= 0.3 is 35.8 Å². The SMILES string of the molecule is Cc1nc(C(=O)O)c(C(=O)O)nc1C.O=C(O)c1cn[nH]c1C(=O)O.O=C(O)c1nccnc1C(=O)O. The van der Waals surface area contributed by atoms with Gasteiger partial charge in [0.2, 0.25) is 0 Å². The molecular weight excluding hydrogens is 504 g/mol. The standard InChI is InChI=1S/C8H8N2O4.C6H4N2O4.C5H4N2O4/c1-3-4(2)10-6(8(13)14)5(9-3)7(11)12;9-5(10)3-4(6(11)12)8-2-1-7-3;8-4(9)2-1-6-7-3(2)5(10)11/h1-2H3,(H,11,12)(H,13,14);1-2H,(H,9,10)(H,11,12);1H,(H,6,7)(H,8,9)(H,10,11). The van der Waals surface area contributed by atoms with Crippen molar-refractivity contribution in [3.8, 4) is 0 Å². The molecule has 0 saturated heterocycles. The second-order valence-electron chi connectivity index (χ2n) is 6.33. The molecule has 18 nitrogen and oxygen atoms in total. The molecule has 0 bridgehead atoms. The van der Waals surface area contributed by atoms with Gasteiger partial charge in [-0.2, -0.15) is 5.10 Å². The number of H-pyrrole nitrogens is 1. The van der Waals surface area contributed by atoms with Crippen molar-refractivity contribution in [1.29, 1.82) is 0 Å². The van der Waals surface area contributed by atoms with Crippen LogP contribution in [0.5, 0.6) is 0 Å². The Hall–Kier alpha value is -5.81. The van der Waals surface area contributed by atoms with Gasteiger partial charge in [0, 0.05) is 12.4 Å². The van der Waals surface area contributed by atoms with E-state index in [1.54, 1.807) is 13.8 Å². The smallest absolute Gasteiger partial charge is 0.357 e. The highest BCUT2D eigenvalue weighted by molar-refractivity contribution is 6.00. The molecule has 3 aromatic heterocycles. The first-order valence-corrected chi connectivity index (χ1v) is 9.28. The number of carboxylic acids is 6. The molecule has 0 amide bonds. The molecule has 37 heavy (non-hydrogen) atoms. The Kier molecular flexibility index (Phi) is 9.95. The van der Waals surface area contributed by atoms with E-state index >= 15 is 0 Å². The van der Waals surface area contributed by atoms with Crippen LogP contribution in [0.1, 0.15) is 74.2 Å². The Bertz CT molecular complexity index is 1280. The van der Waals surface area contributed by atoms with Crippen molar-refractivity contribution < 1.29 is 59.4 Å². The molecule has 3 aromatic rings. The predicted molar refractivity (Wildman–Crippen MR) is 114 cm³/mol. The summed E-state index contributed by atoms with van der Waals surface area (Å²) in [4.78, 5) is 76.5. The normalized spacial score (nSPS) is 9.57. The lowest BCUT2D eigenvalue weighted by Gasteiger charge is -2.03. The number of aromatic nitrogens is 6. The molecule has 0 atom stereocenters. The Morgan fingerprint density at radius 3 is 1.24 bits per heavy atom. The summed E-state index contributed by atoms with van der Waals surface area (Å²) in [5, 5.41) is 56.3. The molecule has 0 aromatic carbocycles. The highest BCUT2D eigenvalue weighted by Gasteiger charge is 2.21. The minimum Gasteiger partial charge on any atom is -0.478 e. The Labute approximate surface area is 203 Å². The number of carbonyl (C=O) groups is 6. The molecule has 194 valence electrons. The van der Waals surface area contributed by atoms with Crippen molar-refractivity contribution in [3.05, 3.63) is 64.0 Å². The fourth-order valence-corrected chi connectivity index (χ4v) is 2.16. The average molecular weight is 520 g/mol. The van der Waals surface area contributed by atoms with Crippen molar-refractivity contribution in [1.82, 2.24) is 30.1 Å². The van der Waals surface area contributed by atoms with Crippen LogP contribution >= 0.6 is 0 Å². The molecule has 0 spiro atoms. The molecule has 7 N–H and O–H groups in total. The molecule has 0 saturated carbocycles.